The molecule has 1 aromatic carbocycles. The number of allylic oxidation sites excluding steroid dienone is 1. The molecule has 0 unspecified atom stereocenters. The smallest absolute Gasteiger partial charge is 0.411 e. The van der Waals surface area contributed by atoms with Crippen LogP contribution in [0, 0.1) is 0 Å². The van der Waals surface area contributed by atoms with E-state index in [0.29, 0.717) is 5.70 Å². The Morgan fingerprint density at radius 2 is 1.33 bits per heavy atom. The zero-order valence-electron chi connectivity index (χ0n) is 18.0. The Bertz CT molecular complexity index is 701. The lowest BCUT2D eigenvalue weighted by molar-refractivity contribution is -0.160. The van der Waals surface area contributed by atoms with E-state index >= 15 is 0 Å². The van der Waals surface area contributed by atoms with Gasteiger partial charge in [-0.3, -0.25) is 10.1 Å². The summed E-state index contributed by atoms with van der Waals surface area (Å²) in [5, 5.41) is 2.70. The van der Waals surface area contributed by atoms with Gasteiger partial charge in [-0.1, -0.05) is 24.3 Å². The van der Waals surface area contributed by atoms with E-state index in [2.05, 4.69) is 5.32 Å². The molecular formula is C22H33NO4. The average molecular weight is 376 g/mol. The lowest BCUT2D eigenvalue weighted by atomic mass is 9.84. The fourth-order valence-electron chi connectivity index (χ4n) is 2.27. The van der Waals surface area contributed by atoms with Crippen molar-refractivity contribution in [1.82, 2.24) is 5.32 Å². The molecule has 1 rings (SSSR count). The molecule has 0 bridgehead atoms. The summed E-state index contributed by atoms with van der Waals surface area (Å²) in [6.07, 6.45) is 1.35. The van der Waals surface area contributed by atoms with E-state index in [1.54, 1.807) is 6.92 Å². The normalized spacial score (nSPS) is 13.1. The summed E-state index contributed by atoms with van der Waals surface area (Å²) in [5.74, 6) is -0.263. The molecule has 0 fully saturated rings. The summed E-state index contributed by atoms with van der Waals surface area (Å²) in [6, 6.07) is 7.61. The van der Waals surface area contributed by atoms with Crippen LogP contribution in [0.2, 0.25) is 0 Å². The third kappa shape index (κ3) is 7.85. The predicted octanol–water partition coefficient (Wildman–Crippen LogP) is 5.19. The van der Waals surface area contributed by atoms with Gasteiger partial charge >= 0.3 is 12.1 Å². The van der Waals surface area contributed by atoms with Crippen LogP contribution in [0.15, 0.2) is 30.0 Å². The van der Waals surface area contributed by atoms with E-state index < -0.39 is 22.7 Å². The molecule has 1 amide bonds. The van der Waals surface area contributed by atoms with Crippen molar-refractivity contribution in [3.8, 4) is 0 Å². The molecule has 0 aromatic heterocycles. The maximum absolute atomic E-state index is 12.5. The minimum absolute atomic E-state index is 0.263. The molecule has 0 spiro atoms. The highest BCUT2D eigenvalue weighted by atomic mass is 16.6. The Morgan fingerprint density at radius 1 is 0.852 bits per heavy atom. The molecule has 0 atom stereocenters. The van der Waals surface area contributed by atoms with Crippen LogP contribution >= 0.6 is 0 Å². The number of carbonyl (C=O) groups is 2. The van der Waals surface area contributed by atoms with Gasteiger partial charge in [0.05, 0.1) is 5.41 Å². The van der Waals surface area contributed by atoms with E-state index in [4.69, 9.17) is 9.47 Å². The van der Waals surface area contributed by atoms with Crippen molar-refractivity contribution in [2.45, 2.75) is 78.9 Å². The van der Waals surface area contributed by atoms with Gasteiger partial charge in [0.25, 0.3) is 0 Å². The van der Waals surface area contributed by atoms with Gasteiger partial charge in [-0.25, -0.2) is 4.79 Å². The van der Waals surface area contributed by atoms with Crippen LogP contribution in [0.3, 0.4) is 0 Å². The molecule has 1 N–H and O–H groups in total. The van der Waals surface area contributed by atoms with Crippen molar-refractivity contribution in [2.24, 2.45) is 0 Å². The molecule has 5 nitrogen and oxygen atoms in total. The Labute approximate surface area is 163 Å². The number of alkyl carbamates (subject to hydrolysis) is 1. The first-order valence-corrected chi connectivity index (χ1v) is 9.12. The van der Waals surface area contributed by atoms with Crippen molar-refractivity contribution in [1.29, 1.82) is 0 Å². The van der Waals surface area contributed by atoms with E-state index in [1.165, 1.54) is 0 Å². The number of hydrogen-bond donors (Lipinski definition) is 1. The van der Waals surface area contributed by atoms with Crippen LogP contribution in [-0.2, 0) is 19.7 Å². The Balaban J connectivity index is 2.86. The van der Waals surface area contributed by atoms with Crippen molar-refractivity contribution in [3.05, 3.63) is 41.1 Å². The van der Waals surface area contributed by atoms with E-state index in [0.717, 1.165) is 11.1 Å². The van der Waals surface area contributed by atoms with Crippen molar-refractivity contribution < 1.29 is 19.1 Å². The highest BCUT2D eigenvalue weighted by Gasteiger charge is 2.34. The van der Waals surface area contributed by atoms with Gasteiger partial charge in [0.1, 0.15) is 11.2 Å². The van der Waals surface area contributed by atoms with Gasteiger partial charge in [0.15, 0.2) is 0 Å². The molecule has 0 heterocycles. The Hall–Kier alpha value is -2.30. The Morgan fingerprint density at radius 3 is 1.78 bits per heavy atom. The standard InChI is InChI=1S/C22H33NO4/c1-15(23-19(25)27-21(5,6)7)14-16-10-12-17(13-11-16)22(8,9)18(24)26-20(2,3)4/h10-14H,1-9H3,(H,23,25)/b15-14+. The minimum atomic E-state index is -0.751. The van der Waals surface area contributed by atoms with E-state index in [1.807, 2.05) is 85.7 Å². The number of rotatable bonds is 4. The van der Waals surface area contributed by atoms with Gasteiger partial charge in [-0.2, -0.15) is 0 Å². The van der Waals surface area contributed by atoms with E-state index in [-0.39, 0.29) is 5.97 Å². The van der Waals surface area contributed by atoms with Crippen molar-refractivity contribution in [2.75, 3.05) is 0 Å². The first kappa shape index (κ1) is 22.7. The molecule has 5 heteroatoms. The quantitative estimate of drug-likeness (QED) is 0.735. The maximum Gasteiger partial charge on any atom is 0.411 e. The average Bonchev–Trinajstić information content (AvgIpc) is 2.43. The third-order valence-corrected chi connectivity index (χ3v) is 3.62. The second kappa shape index (κ2) is 8.15. The topological polar surface area (TPSA) is 64.6 Å². The Kier molecular flexibility index (Phi) is 6.87. The van der Waals surface area contributed by atoms with Crippen LogP contribution in [0.4, 0.5) is 4.79 Å². The predicted molar refractivity (Wildman–Crippen MR) is 108 cm³/mol. The summed E-state index contributed by atoms with van der Waals surface area (Å²) in [5.41, 5.74) is 0.627. The SMILES string of the molecule is C/C(=C\c1ccc(C(C)(C)C(=O)OC(C)(C)C)cc1)NC(=O)OC(C)(C)C. The second-order valence-electron chi connectivity index (χ2n) is 9.20. The van der Waals surface area contributed by atoms with Gasteiger partial charge in [-0.05, 0) is 79.5 Å². The van der Waals surface area contributed by atoms with Gasteiger partial charge in [0, 0.05) is 5.70 Å². The van der Waals surface area contributed by atoms with Crippen molar-refractivity contribution in [3.63, 3.8) is 0 Å². The molecule has 0 radical (unpaired) electrons. The number of nitrogens with one attached hydrogen (secondary N) is 1. The minimum Gasteiger partial charge on any atom is -0.459 e. The molecule has 27 heavy (non-hydrogen) atoms. The summed E-state index contributed by atoms with van der Waals surface area (Å²) in [7, 11) is 0. The van der Waals surface area contributed by atoms with Crippen LogP contribution in [0.25, 0.3) is 6.08 Å². The fourth-order valence-corrected chi connectivity index (χ4v) is 2.27. The monoisotopic (exact) mass is 375 g/mol. The number of carbonyl (C=O) groups excluding carboxylic acids is 2. The summed E-state index contributed by atoms with van der Waals surface area (Å²) < 4.78 is 10.8. The zero-order valence-corrected chi connectivity index (χ0v) is 18.0. The summed E-state index contributed by atoms with van der Waals surface area (Å²) in [4.78, 5) is 24.3. The van der Waals surface area contributed by atoms with Crippen LogP contribution in [0.1, 0.15) is 73.4 Å². The summed E-state index contributed by atoms with van der Waals surface area (Å²) >= 11 is 0. The number of amides is 1. The molecule has 0 saturated carbocycles. The van der Waals surface area contributed by atoms with Crippen LogP contribution < -0.4 is 5.32 Å². The fraction of sp³-hybridized carbons (Fsp3) is 0.545. The number of hydrogen-bond acceptors (Lipinski definition) is 4. The van der Waals surface area contributed by atoms with Crippen LogP contribution in [-0.4, -0.2) is 23.3 Å². The second-order valence-corrected chi connectivity index (χ2v) is 9.20. The molecule has 1 aromatic rings. The third-order valence-electron chi connectivity index (χ3n) is 3.62. The molecule has 150 valence electrons. The van der Waals surface area contributed by atoms with E-state index in [9.17, 15) is 9.59 Å². The lowest BCUT2D eigenvalue weighted by Gasteiger charge is -2.28. The molecule has 0 aliphatic heterocycles. The number of ether oxygens (including phenoxy) is 2. The molecular weight excluding hydrogens is 342 g/mol. The largest absolute Gasteiger partial charge is 0.459 e. The lowest BCUT2D eigenvalue weighted by Crippen LogP contribution is -2.36. The van der Waals surface area contributed by atoms with Crippen molar-refractivity contribution >= 4 is 18.1 Å². The highest BCUT2D eigenvalue weighted by molar-refractivity contribution is 5.82. The maximum atomic E-state index is 12.5. The highest BCUT2D eigenvalue weighted by Crippen LogP contribution is 2.27. The number of benzene rings is 1. The molecule has 0 aliphatic carbocycles. The van der Waals surface area contributed by atoms with Gasteiger partial charge in [-0.15, -0.1) is 0 Å². The molecule has 0 saturated heterocycles. The zero-order chi connectivity index (χ0) is 21.0. The number of esters is 1. The van der Waals surface area contributed by atoms with Gasteiger partial charge < -0.3 is 9.47 Å². The summed E-state index contributed by atoms with van der Waals surface area (Å²) in [6.45, 7) is 16.5. The first-order chi connectivity index (χ1) is 12.1. The van der Waals surface area contributed by atoms with Crippen LogP contribution in [0.5, 0.6) is 0 Å². The first-order valence-electron chi connectivity index (χ1n) is 9.12. The molecule has 0 aliphatic rings. The van der Waals surface area contributed by atoms with Gasteiger partial charge in [0.2, 0.25) is 0 Å².